The summed E-state index contributed by atoms with van der Waals surface area (Å²) in [4.78, 5) is 17.4. The van der Waals surface area contributed by atoms with Crippen molar-refractivity contribution in [1.82, 2.24) is 4.98 Å². The smallest absolute Gasteiger partial charge is 0.226 e. The monoisotopic (exact) mass is 332 g/mol. The van der Waals surface area contributed by atoms with Gasteiger partial charge in [-0.15, -0.1) is 23.7 Å². The lowest BCUT2D eigenvalue weighted by Crippen LogP contribution is -2.17. The van der Waals surface area contributed by atoms with E-state index in [-0.39, 0.29) is 5.91 Å². The summed E-state index contributed by atoms with van der Waals surface area (Å²) in [5.41, 5.74) is -0.405. The molecule has 0 bridgehead atoms. The van der Waals surface area contributed by atoms with Crippen molar-refractivity contribution >= 4 is 22.4 Å². The van der Waals surface area contributed by atoms with Crippen LogP contribution >= 0.6 is 11.3 Å². The molecule has 1 saturated heterocycles. The molecule has 3 rings (SSSR count). The highest BCUT2D eigenvalue weighted by atomic mass is 32.1. The molecule has 0 aromatic carbocycles. The molecule has 2 aliphatic heterocycles. The van der Waals surface area contributed by atoms with Crippen LogP contribution in [0.4, 0.5) is 5.13 Å². The van der Waals surface area contributed by atoms with Gasteiger partial charge in [-0.05, 0) is 12.8 Å². The number of amides is 1. The molecule has 1 aromatic rings. The molecule has 1 N–H and O–H groups in total. The number of rotatable bonds is 8. The van der Waals surface area contributed by atoms with E-state index in [1.165, 1.54) is 11.3 Å². The Bertz CT molecular complexity index is 622. The fraction of sp³-hybridized carbons (Fsp3) is 0.625. The zero-order chi connectivity index (χ0) is 16.1. The summed E-state index contributed by atoms with van der Waals surface area (Å²) in [5.74, 6) is 2.53. The minimum absolute atomic E-state index is 0.0552. The molecule has 122 valence electrons. The third kappa shape index (κ3) is 4.60. The van der Waals surface area contributed by atoms with Crippen LogP contribution in [0.2, 0.25) is 0 Å². The van der Waals surface area contributed by atoms with Gasteiger partial charge < -0.3 is 10.1 Å². The number of aromatic nitrogens is 1. The number of nitrogens with one attached hydrogen (secondary N) is 1. The van der Waals surface area contributed by atoms with Crippen LogP contribution in [0.3, 0.4) is 0 Å². The van der Waals surface area contributed by atoms with Crippen LogP contribution in [-0.4, -0.2) is 29.3 Å². The Morgan fingerprint density at radius 3 is 3.09 bits per heavy atom. The molecule has 0 saturated carbocycles. The van der Waals surface area contributed by atoms with E-state index in [1.54, 1.807) is 0 Å². The number of hydrogen-bond acceptors (Lipinski definition) is 6. The highest BCUT2D eigenvalue weighted by Gasteiger charge is 2.39. The number of carbonyl (C=O) groups is 1. The van der Waals surface area contributed by atoms with Gasteiger partial charge in [0, 0.05) is 49.8 Å². The Hall–Kier alpha value is -1.78. The SMILES string of the molecule is C#CCCC1(CCC(=O)Nc2ncc(CC3CCCO3)s2)N=N1. The van der Waals surface area contributed by atoms with Gasteiger partial charge in [-0.2, -0.15) is 10.2 Å². The largest absolute Gasteiger partial charge is 0.378 e. The lowest BCUT2D eigenvalue weighted by Gasteiger charge is -2.08. The van der Waals surface area contributed by atoms with Crippen LogP contribution in [0.15, 0.2) is 16.4 Å². The predicted octanol–water partition coefficient (Wildman–Crippen LogP) is 3.16. The average Bonchev–Trinajstić information content (AvgIpc) is 2.92. The highest BCUT2D eigenvalue weighted by molar-refractivity contribution is 7.15. The third-order valence-electron chi connectivity index (χ3n) is 4.06. The maximum absolute atomic E-state index is 12.0. The Balaban J connectivity index is 1.41. The van der Waals surface area contributed by atoms with Gasteiger partial charge in [0.15, 0.2) is 10.8 Å². The molecule has 1 fully saturated rings. The summed E-state index contributed by atoms with van der Waals surface area (Å²) in [6.45, 7) is 0.852. The number of hydrogen-bond donors (Lipinski definition) is 1. The van der Waals surface area contributed by atoms with E-state index in [1.807, 2.05) is 6.20 Å². The molecule has 1 aromatic heterocycles. The molecular formula is C16H20N4O2S. The van der Waals surface area contributed by atoms with Crippen molar-refractivity contribution in [2.24, 2.45) is 10.2 Å². The molecule has 2 aliphatic rings. The first-order chi connectivity index (χ1) is 11.2. The van der Waals surface area contributed by atoms with Crippen LogP contribution in [-0.2, 0) is 16.0 Å². The van der Waals surface area contributed by atoms with Crippen molar-refractivity contribution < 1.29 is 9.53 Å². The lowest BCUT2D eigenvalue weighted by atomic mass is 10.0. The first kappa shape index (κ1) is 16.1. The second kappa shape index (κ2) is 7.20. The molecule has 23 heavy (non-hydrogen) atoms. The number of thiazole rings is 1. The van der Waals surface area contributed by atoms with E-state index >= 15 is 0 Å². The summed E-state index contributed by atoms with van der Waals surface area (Å²) in [7, 11) is 0. The van der Waals surface area contributed by atoms with Crippen molar-refractivity contribution in [3.05, 3.63) is 11.1 Å². The zero-order valence-corrected chi connectivity index (χ0v) is 13.8. The maximum Gasteiger partial charge on any atom is 0.226 e. The molecule has 0 aliphatic carbocycles. The summed E-state index contributed by atoms with van der Waals surface area (Å²) in [6.07, 6.45) is 12.8. The number of anilines is 1. The van der Waals surface area contributed by atoms with Gasteiger partial charge in [0.2, 0.25) is 5.91 Å². The van der Waals surface area contributed by atoms with E-state index < -0.39 is 5.66 Å². The molecule has 1 amide bonds. The Morgan fingerprint density at radius 2 is 2.39 bits per heavy atom. The van der Waals surface area contributed by atoms with E-state index in [2.05, 4.69) is 26.4 Å². The van der Waals surface area contributed by atoms with Gasteiger partial charge in [-0.25, -0.2) is 4.98 Å². The highest BCUT2D eigenvalue weighted by Crippen LogP contribution is 2.37. The van der Waals surface area contributed by atoms with E-state index in [0.29, 0.717) is 30.5 Å². The first-order valence-corrected chi connectivity index (χ1v) is 8.74. The third-order valence-corrected chi connectivity index (χ3v) is 4.99. The number of ether oxygens (including phenoxy) is 1. The van der Waals surface area contributed by atoms with Gasteiger partial charge in [0.1, 0.15) is 0 Å². The minimum atomic E-state index is -0.405. The van der Waals surface area contributed by atoms with E-state index in [9.17, 15) is 4.79 Å². The molecule has 1 atom stereocenters. The number of terminal acetylenes is 1. The van der Waals surface area contributed by atoms with Crippen LogP contribution < -0.4 is 5.32 Å². The van der Waals surface area contributed by atoms with Gasteiger partial charge in [0.05, 0.1) is 6.10 Å². The topological polar surface area (TPSA) is 75.9 Å². The zero-order valence-electron chi connectivity index (χ0n) is 13.0. The Kier molecular flexibility index (Phi) is 5.03. The Labute approximate surface area is 139 Å². The van der Waals surface area contributed by atoms with Crippen molar-refractivity contribution in [3.63, 3.8) is 0 Å². The van der Waals surface area contributed by atoms with Gasteiger partial charge in [-0.1, -0.05) is 0 Å². The summed E-state index contributed by atoms with van der Waals surface area (Å²) >= 11 is 1.51. The van der Waals surface area contributed by atoms with E-state index in [0.717, 1.165) is 37.2 Å². The average molecular weight is 332 g/mol. The van der Waals surface area contributed by atoms with Crippen LogP contribution in [0.1, 0.15) is 43.4 Å². The molecule has 7 heteroatoms. The first-order valence-electron chi connectivity index (χ1n) is 7.93. The molecule has 0 radical (unpaired) electrons. The lowest BCUT2D eigenvalue weighted by molar-refractivity contribution is -0.116. The van der Waals surface area contributed by atoms with Crippen LogP contribution in [0.25, 0.3) is 0 Å². The standard InChI is InChI=1S/C16H20N4O2S/c1-2-3-7-16(19-20-16)8-6-14(21)18-15-17-11-13(23-15)10-12-5-4-9-22-12/h1,11-12H,3-10H2,(H,17,18,21). The predicted molar refractivity (Wildman–Crippen MR) is 88.3 cm³/mol. The molecule has 0 spiro atoms. The quantitative estimate of drug-likeness (QED) is 0.743. The molecule has 1 unspecified atom stereocenters. The summed E-state index contributed by atoms with van der Waals surface area (Å²) in [6, 6.07) is 0. The van der Waals surface area contributed by atoms with Crippen molar-refractivity contribution in [3.8, 4) is 12.3 Å². The van der Waals surface area contributed by atoms with Crippen LogP contribution in [0, 0.1) is 12.3 Å². The summed E-state index contributed by atoms with van der Waals surface area (Å²) < 4.78 is 5.62. The van der Waals surface area contributed by atoms with Crippen LogP contribution in [0.5, 0.6) is 0 Å². The van der Waals surface area contributed by atoms with Gasteiger partial charge in [0.25, 0.3) is 0 Å². The minimum Gasteiger partial charge on any atom is -0.378 e. The second-order valence-electron chi connectivity index (χ2n) is 5.91. The Morgan fingerprint density at radius 1 is 1.52 bits per heavy atom. The fourth-order valence-corrected chi connectivity index (χ4v) is 3.55. The molecular weight excluding hydrogens is 312 g/mol. The number of nitrogens with zero attached hydrogens (tertiary/aromatic N) is 3. The maximum atomic E-state index is 12.0. The normalized spacial score (nSPS) is 21.1. The fourth-order valence-electron chi connectivity index (χ4n) is 2.65. The van der Waals surface area contributed by atoms with E-state index in [4.69, 9.17) is 11.2 Å². The van der Waals surface area contributed by atoms with Crippen molar-refractivity contribution in [2.75, 3.05) is 11.9 Å². The molecule has 3 heterocycles. The second-order valence-corrected chi connectivity index (χ2v) is 7.02. The van der Waals surface area contributed by atoms with Crippen molar-refractivity contribution in [2.45, 2.75) is 56.7 Å². The molecule has 6 nitrogen and oxygen atoms in total. The number of carbonyl (C=O) groups excluding carboxylic acids is 1. The summed E-state index contributed by atoms with van der Waals surface area (Å²) in [5, 5.41) is 11.6. The van der Waals surface area contributed by atoms with Gasteiger partial charge >= 0.3 is 0 Å². The van der Waals surface area contributed by atoms with Gasteiger partial charge in [-0.3, -0.25) is 4.79 Å². The van der Waals surface area contributed by atoms with Crippen molar-refractivity contribution in [1.29, 1.82) is 0 Å².